The van der Waals surface area contributed by atoms with Gasteiger partial charge in [0.05, 0.1) is 28.3 Å². The average molecular weight is 316 g/mol. The minimum Gasteiger partial charge on any atom is -0.354 e. The fourth-order valence-electron chi connectivity index (χ4n) is 1.99. The third-order valence-corrected chi connectivity index (χ3v) is 4.02. The first-order chi connectivity index (χ1) is 9.49. The number of hydrogen-bond donors (Lipinski definition) is 2. The molecule has 1 aliphatic rings. The maximum Gasteiger partial charge on any atom is 0.241 e. The third-order valence-electron chi connectivity index (χ3n) is 3.20. The Balaban J connectivity index is 2.04. The minimum absolute atomic E-state index is 0.0725. The van der Waals surface area contributed by atoms with E-state index in [4.69, 9.17) is 23.2 Å². The SMILES string of the molecule is C[C@H](C(=O)Nc1cccc(Cl)c1Cl)N1CCNC(=O)C1. The number of anilines is 1. The van der Waals surface area contributed by atoms with E-state index >= 15 is 0 Å². The van der Waals surface area contributed by atoms with Gasteiger partial charge in [-0.05, 0) is 19.1 Å². The molecule has 0 saturated carbocycles. The summed E-state index contributed by atoms with van der Waals surface area (Å²) in [5.74, 6) is -0.291. The van der Waals surface area contributed by atoms with Crippen molar-refractivity contribution in [2.75, 3.05) is 25.0 Å². The van der Waals surface area contributed by atoms with E-state index in [1.165, 1.54) is 0 Å². The topological polar surface area (TPSA) is 61.4 Å². The molecule has 0 spiro atoms. The van der Waals surface area contributed by atoms with E-state index in [2.05, 4.69) is 10.6 Å². The average Bonchev–Trinajstić information content (AvgIpc) is 2.43. The number of nitrogens with one attached hydrogen (secondary N) is 2. The van der Waals surface area contributed by atoms with Gasteiger partial charge < -0.3 is 10.6 Å². The highest BCUT2D eigenvalue weighted by molar-refractivity contribution is 6.44. The Labute approximate surface area is 127 Å². The van der Waals surface area contributed by atoms with Gasteiger partial charge in [-0.2, -0.15) is 0 Å². The van der Waals surface area contributed by atoms with Gasteiger partial charge in [-0.3, -0.25) is 14.5 Å². The first kappa shape index (κ1) is 15.1. The lowest BCUT2D eigenvalue weighted by Crippen LogP contribution is -2.53. The van der Waals surface area contributed by atoms with E-state index < -0.39 is 6.04 Å². The smallest absolute Gasteiger partial charge is 0.241 e. The van der Waals surface area contributed by atoms with Crippen LogP contribution in [0.2, 0.25) is 10.0 Å². The second-order valence-corrected chi connectivity index (χ2v) is 5.37. The van der Waals surface area contributed by atoms with Gasteiger partial charge in [-0.1, -0.05) is 29.3 Å². The van der Waals surface area contributed by atoms with Crippen molar-refractivity contribution in [1.29, 1.82) is 0 Å². The largest absolute Gasteiger partial charge is 0.354 e. The summed E-state index contributed by atoms with van der Waals surface area (Å²) in [6.45, 7) is 3.17. The quantitative estimate of drug-likeness (QED) is 0.893. The zero-order valence-corrected chi connectivity index (χ0v) is 12.5. The van der Waals surface area contributed by atoms with Crippen molar-refractivity contribution >= 4 is 40.7 Å². The molecule has 2 amide bonds. The second kappa shape index (κ2) is 6.43. The number of amides is 2. The molecule has 2 N–H and O–H groups in total. The van der Waals surface area contributed by atoms with E-state index in [1.54, 1.807) is 25.1 Å². The summed E-state index contributed by atoms with van der Waals surface area (Å²) in [5.41, 5.74) is 0.470. The summed E-state index contributed by atoms with van der Waals surface area (Å²) in [5, 5.41) is 6.15. The van der Waals surface area contributed by atoms with Crippen molar-refractivity contribution in [3.05, 3.63) is 28.2 Å². The lowest BCUT2D eigenvalue weighted by molar-refractivity contribution is -0.127. The highest BCUT2D eigenvalue weighted by atomic mass is 35.5. The highest BCUT2D eigenvalue weighted by Gasteiger charge is 2.26. The molecule has 108 valence electrons. The number of nitrogens with zero attached hydrogens (tertiary/aromatic N) is 1. The Morgan fingerprint density at radius 3 is 2.90 bits per heavy atom. The zero-order chi connectivity index (χ0) is 14.7. The molecule has 7 heteroatoms. The van der Waals surface area contributed by atoms with Gasteiger partial charge in [0.15, 0.2) is 0 Å². The normalized spacial score (nSPS) is 17.4. The summed E-state index contributed by atoms with van der Waals surface area (Å²) in [7, 11) is 0. The van der Waals surface area contributed by atoms with E-state index in [1.807, 2.05) is 4.90 Å². The number of hydrogen-bond acceptors (Lipinski definition) is 3. The molecule has 1 fully saturated rings. The lowest BCUT2D eigenvalue weighted by atomic mass is 10.2. The molecular weight excluding hydrogens is 301 g/mol. The molecule has 1 heterocycles. The number of halogens is 2. The first-order valence-corrected chi connectivity index (χ1v) is 7.00. The number of carbonyl (C=O) groups excluding carboxylic acids is 2. The monoisotopic (exact) mass is 315 g/mol. The molecule has 1 aromatic carbocycles. The van der Waals surface area contributed by atoms with Gasteiger partial charge in [-0.25, -0.2) is 0 Å². The predicted octanol–water partition coefficient (Wildman–Crippen LogP) is 1.75. The number of benzene rings is 1. The van der Waals surface area contributed by atoms with Gasteiger partial charge in [0.1, 0.15) is 0 Å². The molecule has 2 rings (SSSR count). The maximum atomic E-state index is 12.2. The Hall–Kier alpha value is -1.30. The van der Waals surface area contributed by atoms with Crippen LogP contribution in [-0.2, 0) is 9.59 Å². The Morgan fingerprint density at radius 1 is 1.45 bits per heavy atom. The fraction of sp³-hybridized carbons (Fsp3) is 0.385. The van der Waals surface area contributed by atoms with Crippen molar-refractivity contribution in [2.24, 2.45) is 0 Å². The van der Waals surface area contributed by atoms with E-state index in [-0.39, 0.29) is 18.4 Å². The molecule has 0 aromatic heterocycles. The molecule has 0 bridgehead atoms. The molecule has 0 aliphatic carbocycles. The molecule has 1 aromatic rings. The summed E-state index contributed by atoms with van der Waals surface area (Å²) in [6.07, 6.45) is 0. The van der Waals surface area contributed by atoms with Gasteiger partial charge in [-0.15, -0.1) is 0 Å². The number of piperazine rings is 1. The van der Waals surface area contributed by atoms with Crippen LogP contribution in [0.15, 0.2) is 18.2 Å². The molecule has 1 aliphatic heterocycles. The number of carbonyl (C=O) groups is 2. The fourth-order valence-corrected chi connectivity index (χ4v) is 2.34. The molecule has 0 radical (unpaired) electrons. The third kappa shape index (κ3) is 3.42. The predicted molar refractivity (Wildman–Crippen MR) is 79.1 cm³/mol. The van der Waals surface area contributed by atoms with Crippen LogP contribution in [0, 0.1) is 0 Å². The van der Waals surface area contributed by atoms with Gasteiger partial charge >= 0.3 is 0 Å². The van der Waals surface area contributed by atoms with Crippen molar-refractivity contribution in [2.45, 2.75) is 13.0 Å². The van der Waals surface area contributed by atoms with Crippen LogP contribution in [0.25, 0.3) is 0 Å². The molecule has 0 unspecified atom stereocenters. The van der Waals surface area contributed by atoms with Crippen LogP contribution in [0.4, 0.5) is 5.69 Å². The van der Waals surface area contributed by atoms with Gasteiger partial charge in [0, 0.05) is 13.1 Å². The van der Waals surface area contributed by atoms with Crippen molar-refractivity contribution in [3.8, 4) is 0 Å². The molecule has 1 saturated heterocycles. The zero-order valence-electron chi connectivity index (χ0n) is 11.0. The molecular formula is C13H15Cl2N3O2. The van der Waals surface area contributed by atoms with Crippen molar-refractivity contribution < 1.29 is 9.59 Å². The van der Waals surface area contributed by atoms with E-state index in [9.17, 15) is 9.59 Å². The summed E-state index contributed by atoms with van der Waals surface area (Å²) in [6, 6.07) is 4.62. The Morgan fingerprint density at radius 2 is 2.20 bits per heavy atom. The molecule has 1 atom stereocenters. The van der Waals surface area contributed by atoms with Crippen LogP contribution in [0.3, 0.4) is 0 Å². The van der Waals surface area contributed by atoms with Crippen LogP contribution in [-0.4, -0.2) is 42.4 Å². The van der Waals surface area contributed by atoms with Crippen LogP contribution in [0.1, 0.15) is 6.92 Å². The standard InChI is InChI=1S/C13H15Cl2N3O2/c1-8(18-6-5-16-11(19)7-18)13(20)17-10-4-2-3-9(14)12(10)15/h2-4,8H,5-7H2,1H3,(H,16,19)(H,17,20)/t8-/m1/s1. The van der Waals surface area contributed by atoms with E-state index in [0.717, 1.165) is 0 Å². The van der Waals surface area contributed by atoms with Gasteiger partial charge in [0.25, 0.3) is 0 Å². The van der Waals surface area contributed by atoms with Crippen LogP contribution in [0.5, 0.6) is 0 Å². The molecule has 5 nitrogen and oxygen atoms in total. The molecule has 20 heavy (non-hydrogen) atoms. The summed E-state index contributed by atoms with van der Waals surface area (Å²) < 4.78 is 0. The summed E-state index contributed by atoms with van der Waals surface area (Å²) in [4.78, 5) is 25.3. The Kier molecular flexibility index (Phi) is 4.86. The van der Waals surface area contributed by atoms with Gasteiger partial charge in [0.2, 0.25) is 11.8 Å². The highest BCUT2D eigenvalue weighted by Crippen LogP contribution is 2.29. The minimum atomic E-state index is -0.420. The maximum absolute atomic E-state index is 12.2. The lowest BCUT2D eigenvalue weighted by Gasteiger charge is -2.31. The van der Waals surface area contributed by atoms with E-state index in [0.29, 0.717) is 28.8 Å². The first-order valence-electron chi connectivity index (χ1n) is 6.24. The Bertz CT molecular complexity index is 536. The summed E-state index contributed by atoms with van der Waals surface area (Å²) >= 11 is 11.9. The second-order valence-electron chi connectivity index (χ2n) is 4.59. The van der Waals surface area contributed by atoms with Crippen LogP contribution < -0.4 is 10.6 Å². The van der Waals surface area contributed by atoms with Crippen molar-refractivity contribution in [3.63, 3.8) is 0 Å². The van der Waals surface area contributed by atoms with Crippen molar-refractivity contribution in [1.82, 2.24) is 10.2 Å². The van der Waals surface area contributed by atoms with Crippen LogP contribution >= 0.6 is 23.2 Å². The number of rotatable bonds is 3.